The lowest BCUT2D eigenvalue weighted by Gasteiger charge is -2.12. The molecule has 0 spiro atoms. The number of amides is 1. The van der Waals surface area contributed by atoms with Gasteiger partial charge in [0.05, 0.1) is 18.7 Å². The average molecular weight is 364 g/mol. The van der Waals surface area contributed by atoms with E-state index in [4.69, 9.17) is 32.7 Å². The lowest BCUT2D eigenvalue weighted by molar-refractivity contribution is -0.110. The lowest BCUT2D eigenvalue weighted by Crippen LogP contribution is -2.03. The molecule has 0 atom stereocenters. The molecule has 4 nitrogen and oxygen atoms in total. The third kappa shape index (κ3) is 3.07. The summed E-state index contributed by atoms with van der Waals surface area (Å²) in [6.07, 6.45) is 1.76. The van der Waals surface area contributed by atoms with E-state index in [1.165, 1.54) is 7.11 Å². The number of rotatable bonds is 4. The van der Waals surface area contributed by atoms with Crippen molar-refractivity contribution in [3.63, 3.8) is 0 Å². The smallest absolute Gasteiger partial charge is 0.256 e. The maximum atomic E-state index is 12.3. The number of halogens is 2. The van der Waals surface area contributed by atoms with Crippen LogP contribution in [-0.2, 0) is 4.79 Å². The summed E-state index contributed by atoms with van der Waals surface area (Å²) in [5.74, 6) is 0.821. The number of methoxy groups -OCH3 is 1. The maximum absolute atomic E-state index is 12.3. The van der Waals surface area contributed by atoms with Crippen molar-refractivity contribution in [2.24, 2.45) is 0 Å². The van der Waals surface area contributed by atoms with E-state index >= 15 is 0 Å². The van der Waals surface area contributed by atoms with Crippen LogP contribution in [0.25, 0.3) is 11.6 Å². The summed E-state index contributed by atoms with van der Waals surface area (Å²) in [6.45, 7) is 2.35. The topological polar surface area (TPSA) is 47.6 Å². The van der Waals surface area contributed by atoms with Gasteiger partial charge in [-0.2, -0.15) is 0 Å². The normalized spacial score (nSPS) is 14.5. The highest BCUT2D eigenvalue weighted by Gasteiger charge is 2.24. The van der Waals surface area contributed by atoms with Gasteiger partial charge in [-0.3, -0.25) is 4.79 Å². The standard InChI is InChI=1S/C18H15Cl2NO3/c1-3-24-16-8-10(7-14(20)17(16)23-2)6-13-12-9-11(19)4-5-15(12)21-18(13)22/h4-9H,3H2,1-2H3,(H,21,22)/b13-6+. The van der Waals surface area contributed by atoms with Crippen molar-refractivity contribution in [2.45, 2.75) is 6.92 Å². The van der Waals surface area contributed by atoms with Crippen LogP contribution in [0, 0.1) is 0 Å². The molecule has 2 aromatic rings. The number of hydrogen-bond donors (Lipinski definition) is 1. The lowest BCUT2D eigenvalue weighted by atomic mass is 10.0. The molecule has 1 aliphatic heterocycles. The van der Waals surface area contributed by atoms with Gasteiger partial charge in [-0.15, -0.1) is 0 Å². The van der Waals surface area contributed by atoms with Gasteiger partial charge >= 0.3 is 0 Å². The fourth-order valence-electron chi connectivity index (χ4n) is 2.60. The van der Waals surface area contributed by atoms with E-state index in [9.17, 15) is 4.79 Å². The molecule has 0 radical (unpaired) electrons. The summed E-state index contributed by atoms with van der Waals surface area (Å²) in [6, 6.07) is 8.79. The highest BCUT2D eigenvalue weighted by Crippen LogP contribution is 2.39. The first-order valence-corrected chi connectivity index (χ1v) is 8.12. The SMILES string of the molecule is CCOc1cc(/C=C2/C(=O)Nc3ccc(Cl)cc32)cc(Cl)c1OC. The third-order valence-corrected chi connectivity index (χ3v) is 4.13. The third-order valence-electron chi connectivity index (χ3n) is 3.61. The van der Waals surface area contributed by atoms with Crippen molar-refractivity contribution in [3.05, 3.63) is 51.5 Å². The second kappa shape index (κ2) is 6.75. The number of fused-ring (bicyclic) bond motifs is 1. The van der Waals surface area contributed by atoms with Crippen LogP contribution in [0.1, 0.15) is 18.1 Å². The van der Waals surface area contributed by atoms with Crippen molar-refractivity contribution < 1.29 is 14.3 Å². The fourth-order valence-corrected chi connectivity index (χ4v) is 3.07. The molecule has 1 N–H and O–H groups in total. The van der Waals surface area contributed by atoms with Crippen LogP contribution >= 0.6 is 23.2 Å². The van der Waals surface area contributed by atoms with Crippen LogP contribution in [0.2, 0.25) is 10.0 Å². The molecule has 1 amide bonds. The molecule has 0 aliphatic carbocycles. The Labute approximate surface area is 150 Å². The Hall–Kier alpha value is -2.17. The number of benzene rings is 2. The summed E-state index contributed by atoms with van der Waals surface area (Å²) < 4.78 is 10.8. The minimum absolute atomic E-state index is 0.183. The van der Waals surface area contributed by atoms with E-state index in [1.54, 1.807) is 36.4 Å². The predicted molar refractivity (Wildman–Crippen MR) is 97.1 cm³/mol. The Balaban J connectivity index is 2.09. The Morgan fingerprint density at radius 3 is 2.71 bits per heavy atom. The first-order valence-electron chi connectivity index (χ1n) is 7.36. The monoisotopic (exact) mass is 363 g/mol. The molecule has 0 saturated heterocycles. The number of carbonyl (C=O) groups is 1. The molecular formula is C18H15Cl2NO3. The first kappa shape index (κ1) is 16.7. The predicted octanol–water partition coefficient (Wildman–Crippen LogP) is 4.89. The van der Waals surface area contributed by atoms with Crippen molar-refractivity contribution in [1.82, 2.24) is 0 Å². The van der Waals surface area contributed by atoms with E-state index in [0.29, 0.717) is 33.7 Å². The molecule has 0 aromatic heterocycles. The zero-order valence-electron chi connectivity index (χ0n) is 13.2. The second-order valence-corrected chi connectivity index (χ2v) is 6.01. The Bertz CT molecular complexity index is 846. The molecule has 0 unspecified atom stereocenters. The van der Waals surface area contributed by atoms with Crippen molar-refractivity contribution >= 4 is 46.4 Å². The molecule has 3 rings (SSSR count). The molecule has 124 valence electrons. The average Bonchev–Trinajstić information content (AvgIpc) is 2.83. The minimum atomic E-state index is -0.183. The number of hydrogen-bond acceptors (Lipinski definition) is 3. The van der Waals surface area contributed by atoms with Gasteiger partial charge in [0.15, 0.2) is 11.5 Å². The number of anilines is 1. The highest BCUT2D eigenvalue weighted by molar-refractivity contribution is 6.37. The zero-order valence-corrected chi connectivity index (χ0v) is 14.7. The quantitative estimate of drug-likeness (QED) is 0.786. The molecule has 1 aliphatic rings. The second-order valence-electron chi connectivity index (χ2n) is 5.17. The van der Waals surface area contributed by atoms with Gasteiger partial charge in [0.25, 0.3) is 5.91 Å². The van der Waals surface area contributed by atoms with Crippen molar-refractivity contribution in [1.29, 1.82) is 0 Å². The summed E-state index contributed by atoms with van der Waals surface area (Å²) in [7, 11) is 1.53. The molecule has 24 heavy (non-hydrogen) atoms. The van der Waals surface area contributed by atoms with Gasteiger partial charge < -0.3 is 14.8 Å². The van der Waals surface area contributed by atoms with Crippen LogP contribution in [0.3, 0.4) is 0 Å². The Kier molecular flexibility index (Phi) is 4.69. The van der Waals surface area contributed by atoms with E-state index in [0.717, 1.165) is 16.8 Å². The van der Waals surface area contributed by atoms with Gasteiger partial charge in [-0.25, -0.2) is 0 Å². The molecule has 1 heterocycles. The summed E-state index contributed by atoms with van der Waals surface area (Å²) in [5, 5.41) is 3.80. The highest BCUT2D eigenvalue weighted by atomic mass is 35.5. The molecule has 2 aromatic carbocycles. The van der Waals surface area contributed by atoms with Crippen LogP contribution in [0.15, 0.2) is 30.3 Å². The van der Waals surface area contributed by atoms with Crippen LogP contribution in [0.5, 0.6) is 11.5 Å². The van der Waals surface area contributed by atoms with Crippen LogP contribution in [-0.4, -0.2) is 19.6 Å². The van der Waals surface area contributed by atoms with Gasteiger partial charge in [0, 0.05) is 21.8 Å². The van der Waals surface area contributed by atoms with Crippen LogP contribution in [0.4, 0.5) is 5.69 Å². The Morgan fingerprint density at radius 2 is 2.00 bits per heavy atom. The maximum Gasteiger partial charge on any atom is 0.256 e. The number of ether oxygens (including phenoxy) is 2. The number of nitrogens with one attached hydrogen (secondary N) is 1. The van der Waals surface area contributed by atoms with E-state index in [-0.39, 0.29) is 5.91 Å². The van der Waals surface area contributed by atoms with Crippen molar-refractivity contribution in [3.8, 4) is 11.5 Å². The van der Waals surface area contributed by atoms with Gasteiger partial charge in [-0.05, 0) is 48.9 Å². The zero-order chi connectivity index (χ0) is 17.3. The molecular weight excluding hydrogens is 349 g/mol. The van der Waals surface area contributed by atoms with E-state index in [1.807, 2.05) is 6.92 Å². The fraction of sp³-hybridized carbons (Fsp3) is 0.167. The van der Waals surface area contributed by atoms with Crippen LogP contribution < -0.4 is 14.8 Å². The first-order chi connectivity index (χ1) is 11.5. The minimum Gasteiger partial charge on any atom is -0.491 e. The number of carbonyl (C=O) groups excluding carboxylic acids is 1. The van der Waals surface area contributed by atoms with E-state index in [2.05, 4.69) is 5.32 Å². The molecule has 0 bridgehead atoms. The summed E-state index contributed by atoms with van der Waals surface area (Å²) in [4.78, 5) is 12.3. The van der Waals surface area contributed by atoms with Gasteiger partial charge in [-0.1, -0.05) is 23.2 Å². The summed E-state index contributed by atoms with van der Waals surface area (Å²) >= 11 is 12.3. The Morgan fingerprint density at radius 1 is 1.21 bits per heavy atom. The molecule has 6 heteroatoms. The summed E-state index contributed by atoms with van der Waals surface area (Å²) in [5.41, 5.74) is 2.76. The van der Waals surface area contributed by atoms with Gasteiger partial charge in [0.1, 0.15) is 0 Å². The van der Waals surface area contributed by atoms with Gasteiger partial charge in [0.2, 0.25) is 0 Å². The molecule has 0 saturated carbocycles. The van der Waals surface area contributed by atoms with Crippen molar-refractivity contribution in [2.75, 3.05) is 19.0 Å². The van der Waals surface area contributed by atoms with E-state index < -0.39 is 0 Å². The largest absolute Gasteiger partial charge is 0.491 e. The molecule has 0 fully saturated rings.